The molecule has 86 heavy (non-hydrogen) atoms. The summed E-state index contributed by atoms with van der Waals surface area (Å²) in [6.45, 7) is 18.6. The van der Waals surface area contributed by atoms with Crippen molar-refractivity contribution < 1.29 is 128 Å². The molecular weight excluding hydrogens is 1140 g/mol. The summed E-state index contributed by atoms with van der Waals surface area (Å²) in [6.07, 6.45) is -31.9. The topological polar surface area (TPSA) is 407 Å². The average Bonchev–Trinajstić information content (AvgIpc) is 0.672. The molecule has 26 heteroatoms. The molecule has 5 aliphatic carbocycles. The lowest BCUT2D eigenvalue weighted by molar-refractivity contribution is -0.400. The Hall–Kier alpha value is -2.91. The van der Waals surface area contributed by atoms with E-state index in [4.69, 9.17) is 47.4 Å². The highest BCUT2D eigenvalue weighted by atomic mass is 16.8. The zero-order valence-electron chi connectivity index (χ0n) is 50.9. The van der Waals surface area contributed by atoms with Crippen LogP contribution >= 0.6 is 0 Å². The van der Waals surface area contributed by atoms with E-state index in [9.17, 15) is 80.8 Å². The van der Waals surface area contributed by atoms with E-state index < -0.39 is 217 Å². The molecule has 26 nitrogen and oxygen atoms in total. The van der Waals surface area contributed by atoms with E-state index in [1.807, 2.05) is 27.7 Å². The highest BCUT2D eigenvalue weighted by Gasteiger charge is 2.74. The molecule has 0 bridgehead atoms. The number of ether oxygens (including phenoxy) is 10. The first-order chi connectivity index (χ1) is 40.1. The van der Waals surface area contributed by atoms with Crippen molar-refractivity contribution in [1.29, 1.82) is 0 Å². The molecule has 0 aromatic rings. The molecule has 9 aliphatic rings. The van der Waals surface area contributed by atoms with Crippen molar-refractivity contribution in [2.24, 2.45) is 50.2 Å². The van der Waals surface area contributed by atoms with Crippen molar-refractivity contribution in [3.63, 3.8) is 0 Å². The Kier molecular flexibility index (Phi) is 19.3. The van der Waals surface area contributed by atoms with Gasteiger partial charge >= 0.3 is 17.9 Å². The lowest BCUT2D eigenvalue weighted by Crippen LogP contribution is -2.72. The average molecular weight is 1230 g/mol. The first-order valence-electron chi connectivity index (χ1n) is 30.3. The number of rotatable bonds is 14. The normalized spacial score (nSPS) is 50.9. The van der Waals surface area contributed by atoms with Gasteiger partial charge in [-0.15, -0.1) is 0 Å². The maximum Gasteiger partial charge on any atom is 0.335 e. The Balaban J connectivity index is 1.04. The zero-order valence-corrected chi connectivity index (χ0v) is 50.9. The van der Waals surface area contributed by atoms with Gasteiger partial charge in [0.2, 0.25) is 0 Å². The maximum absolute atomic E-state index is 13.5. The van der Waals surface area contributed by atoms with Crippen molar-refractivity contribution in [2.75, 3.05) is 19.8 Å². The predicted octanol–water partition coefficient (Wildman–Crippen LogP) is -0.803. The lowest BCUT2D eigenvalue weighted by Gasteiger charge is -2.72. The number of esters is 2. The second-order valence-corrected chi connectivity index (χ2v) is 28.0. The van der Waals surface area contributed by atoms with Crippen LogP contribution in [0.25, 0.3) is 0 Å². The van der Waals surface area contributed by atoms with E-state index in [-0.39, 0.29) is 18.3 Å². The molecule has 8 fully saturated rings. The van der Waals surface area contributed by atoms with E-state index in [1.54, 1.807) is 19.9 Å². The van der Waals surface area contributed by atoms with Crippen molar-refractivity contribution in [3.05, 3.63) is 23.3 Å². The summed E-state index contributed by atoms with van der Waals surface area (Å²) in [7, 11) is 0. The zero-order chi connectivity index (χ0) is 63.5. The van der Waals surface area contributed by atoms with Gasteiger partial charge in [-0.05, 0) is 105 Å². The van der Waals surface area contributed by atoms with Crippen LogP contribution in [0.4, 0.5) is 0 Å². The van der Waals surface area contributed by atoms with Gasteiger partial charge in [-0.3, -0.25) is 4.79 Å². The first kappa shape index (κ1) is 67.5. The molecule has 4 saturated heterocycles. The summed E-state index contributed by atoms with van der Waals surface area (Å²) in [5.41, 5.74) is -3.18. The van der Waals surface area contributed by atoms with Crippen molar-refractivity contribution in [1.82, 2.24) is 0 Å². The maximum atomic E-state index is 13.5. The van der Waals surface area contributed by atoms with E-state index in [2.05, 4.69) is 26.8 Å². The fourth-order valence-corrected chi connectivity index (χ4v) is 17.4. The summed E-state index contributed by atoms with van der Waals surface area (Å²) in [5, 5.41) is 145. The van der Waals surface area contributed by atoms with Gasteiger partial charge in [0.1, 0.15) is 91.6 Å². The molecule has 30 atom stereocenters. The molecule has 0 unspecified atom stereocenters. The van der Waals surface area contributed by atoms with Crippen molar-refractivity contribution in [2.45, 2.75) is 262 Å². The number of carbonyl (C=O) groups excluding carboxylic acids is 2. The molecule has 0 aromatic heterocycles. The summed E-state index contributed by atoms with van der Waals surface area (Å²) in [5.74, 6) is -3.56. The number of allylic oxidation sites excluding steroid dienone is 3. The number of carbonyl (C=O) groups is 3. The number of carboxylic acids is 1. The number of aliphatic hydroxyl groups is 12. The third-order valence-corrected chi connectivity index (χ3v) is 22.6. The first-order valence-corrected chi connectivity index (χ1v) is 30.3. The van der Waals surface area contributed by atoms with Gasteiger partial charge in [0.25, 0.3) is 0 Å². The number of hydrogen-bond acceptors (Lipinski definition) is 25. The third kappa shape index (κ3) is 11.0. The standard InChI is InChI=1S/C60H94O26/c1-12-24(2)50(76)86-47-48(79-26(4)63)60(23-62)28(19-55(47,5)6)27-13-14-32-57(9)17-16-34(56(7,8)31(57)15-18-58(32,10)59(27,11)20-33(60)65)81-54-46(85-52-41(72)39(70)37(68)30(21-61)80-52)43(42(73)44(83-54)49(74)75)82-53-45(36(67)29(64)22-77-53)84-51-40(71)38(69)35(66)25(3)78-51/h12-13,25,28-48,51-54,61-62,64-73H,14-23H2,1-11H3,(H,74,75)/b24-12+/t25-,28-,29-,30+,31-,32+,33+,34-,35-,36-,37+,38+,39-,40+,41+,42-,43-,44-,45+,46+,47-,48-,51-,52-,53-,54+,57-,58+,59+,60-/m0/s1. The molecule has 0 amide bonds. The van der Waals surface area contributed by atoms with Gasteiger partial charge < -0.3 is 114 Å². The number of aliphatic hydroxyl groups excluding tert-OH is 12. The second-order valence-electron chi connectivity index (χ2n) is 28.0. The van der Waals surface area contributed by atoms with E-state index in [0.717, 1.165) is 5.57 Å². The van der Waals surface area contributed by atoms with Crippen LogP contribution in [0.2, 0.25) is 0 Å². The molecule has 0 radical (unpaired) electrons. The number of fused-ring (bicyclic) bond motifs is 7. The van der Waals surface area contributed by atoms with E-state index >= 15 is 0 Å². The molecule has 9 rings (SSSR count). The molecular formula is C60H94O26. The van der Waals surface area contributed by atoms with Crippen LogP contribution in [0, 0.1) is 50.2 Å². The molecule has 13 N–H and O–H groups in total. The minimum Gasteiger partial charge on any atom is -0.479 e. The highest BCUT2D eigenvalue weighted by molar-refractivity contribution is 5.87. The Morgan fingerprint density at radius 2 is 1.29 bits per heavy atom. The van der Waals surface area contributed by atoms with Gasteiger partial charge in [-0.25, -0.2) is 9.59 Å². The SMILES string of the molecule is C/C=C(\C)C(=O)O[C@H]1[C@H](OC(C)=O)[C@]2(CO)[C@H](O)C[C@]3(C)C(=CC[C@@H]4[C@@]5(C)CC[C@H](O[C@@H]6O[C@H](C(=O)O)[C@@H](O)[C@H](O[C@@H]7OC[C@H](O)[C@H](O)[C@H]7O[C@@H]7O[C@@H](C)[C@H](O)[C@@H](O)[C@H]7O)[C@H]6O[C@@H]6O[C@H](CO)[C@@H](O)[C@H](O)[C@H]6O)C(C)(C)[C@@H]5CC[C@]43C)[C@@H]2CC1(C)C. The van der Waals surface area contributed by atoms with Crippen LogP contribution in [-0.4, -0.2) is 245 Å². The fraction of sp³-hybridized carbons (Fsp3) is 0.883. The minimum absolute atomic E-state index is 0.0105. The van der Waals surface area contributed by atoms with Crippen molar-refractivity contribution in [3.8, 4) is 0 Å². The summed E-state index contributed by atoms with van der Waals surface area (Å²) < 4.78 is 61.3. The monoisotopic (exact) mass is 1230 g/mol. The molecule has 0 spiro atoms. The lowest BCUT2D eigenvalue weighted by atomic mass is 9.33. The summed E-state index contributed by atoms with van der Waals surface area (Å²) in [6, 6.07) is 0. The van der Waals surface area contributed by atoms with Crippen LogP contribution in [0.5, 0.6) is 0 Å². The van der Waals surface area contributed by atoms with E-state index in [0.29, 0.717) is 44.1 Å². The number of carboxylic acid groups (broad SMARTS) is 1. The Morgan fingerprint density at radius 3 is 1.91 bits per heavy atom. The smallest absolute Gasteiger partial charge is 0.335 e. The Labute approximate surface area is 500 Å². The second kappa shape index (κ2) is 24.6. The number of aliphatic carboxylic acids is 1. The molecule has 4 saturated carbocycles. The quantitative estimate of drug-likeness (QED) is 0.0438. The third-order valence-electron chi connectivity index (χ3n) is 22.6. The van der Waals surface area contributed by atoms with Crippen molar-refractivity contribution >= 4 is 17.9 Å². The van der Waals surface area contributed by atoms with Crippen LogP contribution in [-0.2, 0) is 61.8 Å². The van der Waals surface area contributed by atoms with Gasteiger partial charge in [0.15, 0.2) is 31.3 Å². The Bertz CT molecular complexity index is 2530. The molecule has 490 valence electrons. The predicted molar refractivity (Wildman–Crippen MR) is 293 cm³/mol. The highest BCUT2D eigenvalue weighted by Crippen LogP contribution is 2.76. The fourth-order valence-electron chi connectivity index (χ4n) is 17.4. The minimum atomic E-state index is -2.21. The summed E-state index contributed by atoms with van der Waals surface area (Å²) >= 11 is 0. The van der Waals surface area contributed by atoms with Gasteiger partial charge in [0, 0.05) is 17.9 Å². The van der Waals surface area contributed by atoms with Crippen LogP contribution < -0.4 is 0 Å². The van der Waals surface area contributed by atoms with Crippen LogP contribution in [0.15, 0.2) is 23.3 Å². The largest absolute Gasteiger partial charge is 0.479 e. The number of hydrogen-bond donors (Lipinski definition) is 13. The molecule has 4 aliphatic heterocycles. The van der Waals surface area contributed by atoms with Crippen LogP contribution in [0.3, 0.4) is 0 Å². The van der Waals surface area contributed by atoms with Gasteiger partial charge in [-0.1, -0.05) is 66.2 Å². The molecule has 0 aromatic carbocycles. The summed E-state index contributed by atoms with van der Waals surface area (Å²) in [4.78, 5) is 39.7. The molecule has 4 heterocycles. The van der Waals surface area contributed by atoms with E-state index in [1.165, 1.54) is 13.8 Å². The van der Waals surface area contributed by atoms with Gasteiger partial charge in [-0.2, -0.15) is 0 Å². The Morgan fingerprint density at radius 1 is 0.663 bits per heavy atom. The van der Waals surface area contributed by atoms with Crippen LogP contribution in [0.1, 0.15) is 121 Å². The van der Waals surface area contributed by atoms with Gasteiger partial charge in [0.05, 0.1) is 43.5 Å².